The lowest BCUT2D eigenvalue weighted by Gasteiger charge is -2.38. The fourth-order valence-electron chi connectivity index (χ4n) is 3.39. The predicted octanol–water partition coefficient (Wildman–Crippen LogP) is 4.77. The second-order valence-corrected chi connectivity index (χ2v) is 14.7. The van der Waals surface area contributed by atoms with E-state index in [4.69, 9.17) is 4.43 Å². The van der Waals surface area contributed by atoms with Gasteiger partial charge in [0, 0.05) is 11.3 Å². The minimum absolute atomic E-state index is 0.0833. The van der Waals surface area contributed by atoms with Crippen LogP contribution in [0.2, 0.25) is 18.1 Å². The topological polar surface area (TPSA) is 49.8 Å². The minimum Gasteiger partial charge on any atom is -0.415 e. The van der Waals surface area contributed by atoms with E-state index in [0.29, 0.717) is 13.0 Å². The summed E-state index contributed by atoms with van der Waals surface area (Å²) in [5.41, 5.74) is 0.877. The molecule has 1 heterocycles. The SMILES string of the molecule is CC(C)(C)[Si](C)(C)OC[C@@H]1Cc2ccccc2N1C(=O)[C@](C)(O)C#Cc1ccccc1. The fourth-order valence-corrected chi connectivity index (χ4v) is 4.44. The summed E-state index contributed by atoms with van der Waals surface area (Å²) in [6.07, 6.45) is 0.707. The minimum atomic E-state index is -1.97. The Morgan fingerprint density at radius 1 is 1.10 bits per heavy atom. The Morgan fingerprint density at radius 3 is 2.35 bits per heavy atom. The third kappa shape index (κ3) is 5.09. The van der Waals surface area contributed by atoms with Crippen molar-refractivity contribution in [3.05, 3.63) is 65.7 Å². The van der Waals surface area contributed by atoms with Crippen LogP contribution in [0.1, 0.15) is 38.8 Å². The number of carbonyl (C=O) groups excluding carboxylic acids is 1. The number of hydrogen-bond acceptors (Lipinski definition) is 3. The molecule has 0 saturated heterocycles. The standard InChI is InChI=1S/C26H33NO3Si/c1-25(2,3)31(5,6)30-19-22-18-21-14-10-11-15-23(21)27(22)24(28)26(4,29)17-16-20-12-8-7-9-13-20/h7-15,22,29H,18-19H2,1-6H3/t22-,26+/m0/s1. The lowest BCUT2D eigenvalue weighted by atomic mass is 10.0. The fraction of sp³-hybridized carbons (Fsp3) is 0.423. The molecule has 1 aliphatic rings. The smallest absolute Gasteiger partial charge is 0.271 e. The molecular weight excluding hydrogens is 402 g/mol. The molecule has 1 amide bonds. The summed E-state index contributed by atoms with van der Waals surface area (Å²) < 4.78 is 6.46. The summed E-state index contributed by atoms with van der Waals surface area (Å²) in [7, 11) is -1.97. The van der Waals surface area contributed by atoms with Crippen molar-refractivity contribution in [3.63, 3.8) is 0 Å². The summed E-state index contributed by atoms with van der Waals surface area (Å²) in [5.74, 6) is 5.30. The predicted molar refractivity (Wildman–Crippen MR) is 129 cm³/mol. The van der Waals surface area contributed by atoms with Crippen LogP contribution >= 0.6 is 0 Å². The van der Waals surface area contributed by atoms with E-state index in [0.717, 1.165) is 16.8 Å². The zero-order chi connectivity index (χ0) is 22.9. The first-order valence-electron chi connectivity index (χ1n) is 10.8. The monoisotopic (exact) mass is 435 g/mol. The van der Waals surface area contributed by atoms with Gasteiger partial charge in [-0.1, -0.05) is 69.0 Å². The first-order valence-corrected chi connectivity index (χ1v) is 13.7. The summed E-state index contributed by atoms with van der Waals surface area (Å²) >= 11 is 0. The molecule has 0 bridgehead atoms. The number of nitrogens with zero attached hydrogens (tertiary/aromatic N) is 1. The second kappa shape index (κ2) is 8.62. The van der Waals surface area contributed by atoms with E-state index in [1.54, 1.807) is 4.90 Å². The third-order valence-electron chi connectivity index (χ3n) is 6.37. The van der Waals surface area contributed by atoms with Gasteiger partial charge in [0.25, 0.3) is 5.91 Å². The van der Waals surface area contributed by atoms with Crippen molar-refractivity contribution in [2.75, 3.05) is 11.5 Å². The Labute approximate surface area is 187 Å². The number of benzene rings is 2. The quantitative estimate of drug-likeness (QED) is 0.556. The Balaban J connectivity index is 1.87. The second-order valence-electron chi connectivity index (χ2n) is 9.92. The number of anilines is 1. The lowest BCUT2D eigenvalue weighted by molar-refractivity contribution is -0.130. The molecule has 0 unspecified atom stereocenters. The zero-order valence-corrected chi connectivity index (χ0v) is 20.4. The normalized spacial score (nSPS) is 18.0. The van der Waals surface area contributed by atoms with Gasteiger partial charge in [0.2, 0.25) is 5.60 Å². The van der Waals surface area contributed by atoms with Crippen molar-refractivity contribution >= 4 is 19.9 Å². The highest BCUT2D eigenvalue weighted by Crippen LogP contribution is 2.39. The van der Waals surface area contributed by atoms with Gasteiger partial charge in [-0.15, -0.1) is 0 Å². The van der Waals surface area contributed by atoms with Gasteiger partial charge in [0.05, 0.1) is 12.6 Å². The number of hydrogen-bond donors (Lipinski definition) is 1. The Kier molecular flexibility index (Phi) is 6.47. The molecular formula is C26H33NO3Si. The molecule has 1 N–H and O–H groups in total. The van der Waals surface area contributed by atoms with Crippen molar-refractivity contribution in [2.45, 2.75) is 63.9 Å². The number of amides is 1. The molecule has 0 saturated carbocycles. The lowest BCUT2D eigenvalue weighted by Crippen LogP contribution is -2.52. The van der Waals surface area contributed by atoms with Crippen molar-refractivity contribution in [3.8, 4) is 11.8 Å². The molecule has 164 valence electrons. The summed E-state index contributed by atoms with van der Waals surface area (Å²) in [5, 5.41) is 11.1. The Hall–Kier alpha value is -2.39. The van der Waals surface area contributed by atoms with Crippen LogP contribution < -0.4 is 4.90 Å². The van der Waals surface area contributed by atoms with Gasteiger partial charge in [-0.05, 0) is 55.2 Å². The van der Waals surface area contributed by atoms with Crippen LogP contribution in [0.3, 0.4) is 0 Å². The van der Waals surface area contributed by atoms with Crippen LogP contribution in [0.4, 0.5) is 5.69 Å². The molecule has 0 fully saturated rings. The number of para-hydroxylation sites is 1. The number of fused-ring (bicyclic) bond motifs is 1. The summed E-state index contributed by atoms with van der Waals surface area (Å²) in [6.45, 7) is 12.9. The number of aliphatic hydroxyl groups is 1. The van der Waals surface area contributed by atoms with E-state index in [-0.39, 0.29) is 11.1 Å². The van der Waals surface area contributed by atoms with E-state index in [1.807, 2.05) is 54.6 Å². The highest BCUT2D eigenvalue weighted by molar-refractivity contribution is 6.74. The molecule has 0 aromatic heterocycles. The van der Waals surface area contributed by atoms with Gasteiger partial charge < -0.3 is 14.4 Å². The average Bonchev–Trinajstić information content (AvgIpc) is 3.08. The molecule has 5 heteroatoms. The maximum atomic E-state index is 13.5. The van der Waals surface area contributed by atoms with E-state index >= 15 is 0 Å². The zero-order valence-electron chi connectivity index (χ0n) is 19.4. The van der Waals surface area contributed by atoms with Crippen LogP contribution in [-0.2, 0) is 15.6 Å². The molecule has 31 heavy (non-hydrogen) atoms. The molecule has 1 aliphatic heterocycles. The van der Waals surface area contributed by atoms with Crippen LogP contribution in [0.15, 0.2) is 54.6 Å². The molecule has 2 aromatic carbocycles. The highest BCUT2D eigenvalue weighted by atomic mass is 28.4. The Morgan fingerprint density at radius 2 is 1.71 bits per heavy atom. The maximum absolute atomic E-state index is 13.5. The van der Waals surface area contributed by atoms with Crippen LogP contribution in [0, 0.1) is 11.8 Å². The van der Waals surface area contributed by atoms with E-state index in [9.17, 15) is 9.90 Å². The van der Waals surface area contributed by atoms with Gasteiger partial charge in [-0.25, -0.2) is 0 Å². The van der Waals surface area contributed by atoms with Crippen LogP contribution in [0.5, 0.6) is 0 Å². The van der Waals surface area contributed by atoms with Crippen LogP contribution in [0.25, 0.3) is 0 Å². The number of rotatable bonds is 4. The van der Waals surface area contributed by atoms with Crippen molar-refractivity contribution in [1.29, 1.82) is 0 Å². The van der Waals surface area contributed by atoms with Gasteiger partial charge in [0.1, 0.15) is 0 Å². The molecule has 0 radical (unpaired) electrons. The first-order chi connectivity index (χ1) is 14.4. The van der Waals surface area contributed by atoms with E-state index < -0.39 is 19.8 Å². The van der Waals surface area contributed by atoms with Gasteiger partial charge >= 0.3 is 0 Å². The van der Waals surface area contributed by atoms with Crippen molar-refractivity contribution in [2.24, 2.45) is 0 Å². The van der Waals surface area contributed by atoms with Crippen molar-refractivity contribution in [1.82, 2.24) is 0 Å². The van der Waals surface area contributed by atoms with E-state index in [2.05, 4.69) is 45.7 Å². The van der Waals surface area contributed by atoms with E-state index in [1.165, 1.54) is 6.92 Å². The highest BCUT2D eigenvalue weighted by Gasteiger charge is 2.43. The molecule has 0 aliphatic carbocycles. The third-order valence-corrected chi connectivity index (χ3v) is 10.9. The Bertz CT molecular complexity index is 997. The largest absolute Gasteiger partial charge is 0.415 e. The molecule has 0 spiro atoms. The van der Waals surface area contributed by atoms with Gasteiger partial charge in [-0.2, -0.15) is 0 Å². The summed E-state index contributed by atoms with van der Waals surface area (Å²) in [6, 6.07) is 17.1. The van der Waals surface area contributed by atoms with Crippen molar-refractivity contribution < 1.29 is 14.3 Å². The summed E-state index contributed by atoms with van der Waals surface area (Å²) in [4.78, 5) is 15.2. The molecule has 3 rings (SSSR count). The number of carbonyl (C=O) groups is 1. The maximum Gasteiger partial charge on any atom is 0.271 e. The van der Waals surface area contributed by atoms with Gasteiger partial charge in [0.15, 0.2) is 8.32 Å². The molecule has 2 atom stereocenters. The van der Waals surface area contributed by atoms with Gasteiger partial charge in [-0.3, -0.25) is 4.79 Å². The van der Waals surface area contributed by atoms with Crippen LogP contribution in [-0.4, -0.2) is 37.6 Å². The first kappa shape index (κ1) is 23.3. The average molecular weight is 436 g/mol. The molecule has 4 nitrogen and oxygen atoms in total. The molecule has 2 aromatic rings.